The molecule has 1 atom stereocenters. The smallest absolute Gasteiger partial charge is 0.262 e. The number of aromatic nitrogens is 2. The van der Waals surface area contributed by atoms with Gasteiger partial charge in [-0.2, -0.15) is 0 Å². The van der Waals surface area contributed by atoms with Gasteiger partial charge in [0.2, 0.25) is 5.91 Å². The van der Waals surface area contributed by atoms with Gasteiger partial charge in [-0.3, -0.25) is 19.0 Å². The number of amides is 1. The average molecular weight is 450 g/mol. The van der Waals surface area contributed by atoms with Gasteiger partial charge in [-0.1, -0.05) is 54.2 Å². The molecule has 1 amide bonds. The summed E-state index contributed by atoms with van der Waals surface area (Å²) in [7, 11) is 1.66. The number of thioether (sulfide) groups is 1. The van der Waals surface area contributed by atoms with Crippen LogP contribution in [-0.2, 0) is 11.8 Å². The van der Waals surface area contributed by atoms with Gasteiger partial charge in [0.15, 0.2) is 10.9 Å². The topological polar surface area (TPSA) is 81.1 Å². The minimum Gasteiger partial charge on any atom is -0.325 e. The number of hydrogen-bond donors (Lipinski definition) is 1. The van der Waals surface area contributed by atoms with Crippen LogP contribution in [0.15, 0.2) is 76.0 Å². The number of hydrogen-bond acceptors (Lipinski definition) is 6. The van der Waals surface area contributed by atoms with Crippen LogP contribution in [0, 0.1) is 0 Å². The largest absolute Gasteiger partial charge is 0.325 e. The molecule has 0 aliphatic carbocycles. The molecule has 4 rings (SSSR count). The van der Waals surface area contributed by atoms with Crippen LogP contribution in [-0.4, -0.2) is 21.2 Å². The number of nitrogens with one attached hydrogen (secondary N) is 1. The van der Waals surface area contributed by atoms with Gasteiger partial charge in [0, 0.05) is 18.3 Å². The van der Waals surface area contributed by atoms with Gasteiger partial charge < -0.3 is 5.32 Å². The fraction of sp³-hybridized carbons (Fsp3) is 0.130. The van der Waals surface area contributed by atoms with E-state index >= 15 is 0 Å². The van der Waals surface area contributed by atoms with Crippen LogP contribution in [0.3, 0.4) is 0 Å². The number of fused-ring (bicyclic) bond motifs is 1. The van der Waals surface area contributed by atoms with E-state index in [1.165, 1.54) is 34.6 Å². The maximum absolute atomic E-state index is 13.3. The van der Waals surface area contributed by atoms with Gasteiger partial charge in [0.25, 0.3) is 5.56 Å². The molecule has 0 aliphatic rings. The van der Waals surface area contributed by atoms with Gasteiger partial charge in [0.1, 0.15) is 10.1 Å². The normalized spacial score (nSPS) is 11.9. The monoisotopic (exact) mass is 449 g/mol. The van der Waals surface area contributed by atoms with Gasteiger partial charge in [-0.25, -0.2) is 4.98 Å². The van der Waals surface area contributed by atoms with Gasteiger partial charge in [-0.05, 0) is 36.1 Å². The number of thiophene rings is 1. The van der Waals surface area contributed by atoms with Crippen molar-refractivity contribution in [3.63, 3.8) is 0 Å². The van der Waals surface area contributed by atoms with Crippen molar-refractivity contribution in [3.8, 4) is 0 Å². The Balaban J connectivity index is 1.70. The molecule has 0 bridgehead atoms. The lowest BCUT2D eigenvalue weighted by atomic mass is 10.1. The fourth-order valence-corrected chi connectivity index (χ4v) is 4.98. The molecule has 156 valence electrons. The molecule has 2 aromatic heterocycles. The van der Waals surface area contributed by atoms with Crippen molar-refractivity contribution in [1.29, 1.82) is 0 Å². The molecule has 1 N–H and O–H groups in total. The highest BCUT2D eigenvalue weighted by Gasteiger charge is 2.25. The zero-order chi connectivity index (χ0) is 22.0. The van der Waals surface area contributed by atoms with Gasteiger partial charge >= 0.3 is 0 Å². The summed E-state index contributed by atoms with van der Waals surface area (Å²) in [6.07, 6.45) is 0. The van der Waals surface area contributed by atoms with E-state index in [0.717, 1.165) is 5.56 Å². The van der Waals surface area contributed by atoms with Crippen LogP contribution in [0.2, 0.25) is 0 Å². The number of benzene rings is 2. The second-order valence-electron chi connectivity index (χ2n) is 6.93. The Morgan fingerprint density at radius 2 is 1.87 bits per heavy atom. The molecule has 6 nitrogen and oxygen atoms in total. The Morgan fingerprint density at radius 3 is 2.61 bits per heavy atom. The summed E-state index contributed by atoms with van der Waals surface area (Å²) in [6, 6.07) is 17.9. The van der Waals surface area contributed by atoms with E-state index in [-0.39, 0.29) is 17.2 Å². The third-order valence-corrected chi connectivity index (χ3v) is 6.87. The van der Waals surface area contributed by atoms with Crippen molar-refractivity contribution < 1.29 is 9.59 Å². The number of carbonyl (C=O) groups is 2. The highest BCUT2D eigenvalue weighted by atomic mass is 32.2. The first-order chi connectivity index (χ1) is 14.9. The van der Waals surface area contributed by atoms with E-state index in [1.54, 1.807) is 37.4 Å². The molecule has 4 aromatic rings. The van der Waals surface area contributed by atoms with Crippen molar-refractivity contribution in [2.24, 2.45) is 7.05 Å². The summed E-state index contributed by atoms with van der Waals surface area (Å²) in [5, 5.41) is 5.11. The van der Waals surface area contributed by atoms with E-state index in [4.69, 9.17) is 0 Å². The number of anilines is 1. The Bertz CT molecular complexity index is 1330. The first kappa shape index (κ1) is 21.0. The SMILES string of the molecule is CC(=O)c1cccc(NC(=O)C(Sc2nc3sccc3c(=O)n2C)c2ccccc2)c1. The molecule has 0 spiro atoms. The molecule has 0 radical (unpaired) electrons. The summed E-state index contributed by atoms with van der Waals surface area (Å²) >= 11 is 2.61. The molecule has 0 fully saturated rings. The van der Waals surface area contributed by atoms with Gasteiger partial charge in [-0.15, -0.1) is 11.3 Å². The summed E-state index contributed by atoms with van der Waals surface area (Å²) in [5.74, 6) is -0.342. The first-order valence-electron chi connectivity index (χ1n) is 9.52. The number of Topliss-reactive ketones (excluding diaryl/α,β-unsaturated/α-hetero) is 1. The van der Waals surface area contributed by atoms with Crippen LogP contribution in [0.25, 0.3) is 10.2 Å². The molecule has 2 aromatic carbocycles. The van der Waals surface area contributed by atoms with Crippen molar-refractivity contribution in [1.82, 2.24) is 9.55 Å². The lowest BCUT2D eigenvalue weighted by Crippen LogP contribution is -2.23. The summed E-state index contributed by atoms with van der Waals surface area (Å²) < 4.78 is 1.47. The summed E-state index contributed by atoms with van der Waals surface area (Å²) in [6.45, 7) is 1.48. The first-order valence-corrected chi connectivity index (χ1v) is 11.3. The third-order valence-electron chi connectivity index (χ3n) is 4.76. The molecular formula is C23H19N3O3S2. The van der Waals surface area contributed by atoms with E-state index in [2.05, 4.69) is 10.3 Å². The predicted molar refractivity (Wildman–Crippen MR) is 125 cm³/mol. The number of nitrogens with zero attached hydrogens (tertiary/aromatic N) is 2. The quantitative estimate of drug-likeness (QED) is 0.263. The molecule has 8 heteroatoms. The molecule has 31 heavy (non-hydrogen) atoms. The minimum absolute atomic E-state index is 0.0754. The molecule has 1 unspecified atom stereocenters. The third kappa shape index (κ3) is 4.45. The number of rotatable bonds is 6. The molecular weight excluding hydrogens is 430 g/mol. The van der Waals surface area contributed by atoms with Crippen molar-refractivity contribution in [2.75, 3.05) is 5.32 Å². The lowest BCUT2D eigenvalue weighted by Gasteiger charge is -2.18. The predicted octanol–water partition coefficient (Wildman–Crippen LogP) is 4.67. The van der Waals surface area contributed by atoms with Crippen molar-refractivity contribution >= 4 is 50.7 Å². The van der Waals surface area contributed by atoms with Crippen LogP contribution in [0.5, 0.6) is 0 Å². The van der Waals surface area contributed by atoms with E-state index < -0.39 is 5.25 Å². The maximum Gasteiger partial charge on any atom is 0.262 e. The van der Waals surface area contributed by atoms with Crippen LogP contribution in [0.4, 0.5) is 5.69 Å². The standard InChI is InChI=1S/C23H19N3O3S2/c1-14(27)16-9-6-10-17(13-16)24-20(28)19(15-7-4-3-5-8-15)31-23-25-21-18(11-12-30-21)22(29)26(23)2/h3-13,19H,1-2H3,(H,24,28). The fourth-order valence-electron chi connectivity index (χ4n) is 3.12. The second kappa shape index (κ2) is 8.87. The minimum atomic E-state index is -0.641. The zero-order valence-corrected chi connectivity index (χ0v) is 18.5. The van der Waals surface area contributed by atoms with Crippen molar-refractivity contribution in [2.45, 2.75) is 17.3 Å². The highest BCUT2D eigenvalue weighted by molar-refractivity contribution is 8.00. The lowest BCUT2D eigenvalue weighted by molar-refractivity contribution is -0.115. The second-order valence-corrected chi connectivity index (χ2v) is 8.90. The molecule has 0 saturated carbocycles. The zero-order valence-electron chi connectivity index (χ0n) is 16.9. The maximum atomic E-state index is 13.3. The Morgan fingerprint density at radius 1 is 1.10 bits per heavy atom. The van der Waals surface area contributed by atoms with Crippen LogP contribution >= 0.6 is 23.1 Å². The van der Waals surface area contributed by atoms with E-state index in [9.17, 15) is 14.4 Å². The number of ketones is 1. The Kier molecular flexibility index (Phi) is 6.01. The van der Waals surface area contributed by atoms with E-state index in [0.29, 0.717) is 26.6 Å². The summed E-state index contributed by atoms with van der Waals surface area (Å²) in [5.41, 5.74) is 1.70. The number of carbonyl (C=O) groups excluding carboxylic acids is 2. The molecule has 2 heterocycles. The Labute approximate surface area is 186 Å². The highest BCUT2D eigenvalue weighted by Crippen LogP contribution is 2.35. The van der Waals surface area contributed by atoms with Crippen molar-refractivity contribution in [3.05, 3.63) is 87.5 Å². The van der Waals surface area contributed by atoms with Crippen LogP contribution < -0.4 is 10.9 Å². The molecule has 0 aliphatic heterocycles. The van der Waals surface area contributed by atoms with Gasteiger partial charge in [0.05, 0.1) is 5.39 Å². The average Bonchev–Trinajstić information content (AvgIpc) is 3.24. The van der Waals surface area contributed by atoms with E-state index in [1.807, 2.05) is 35.7 Å². The van der Waals surface area contributed by atoms with Crippen LogP contribution in [0.1, 0.15) is 28.1 Å². The summed E-state index contributed by atoms with van der Waals surface area (Å²) in [4.78, 5) is 42.9. The molecule has 0 saturated heterocycles. The Hall–Kier alpha value is -3.23.